The molecule has 9 heteroatoms. The summed E-state index contributed by atoms with van der Waals surface area (Å²) in [5, 5.41) is 2.77. The summed E-state index contributed by atoms with van der Waals surface area (Å²) >= 11 is 0. The van der Waals surface area contributed by atoms with E-state index in [0.29, 0.717) is 18.0 Å². The van der Waals surface area contributed by atoms with Crippen molar-refractivity contribution in [3.63, 3.8) is 0 Å². The average molecular weight is 600 g/mol. The van der Waals surface area contributed by atoms with Crippen LogP contribution < -0.4 is 14.4 Å². The molecule has 2 amide bonds. The molecule has 0 aliphatic heterocycles. The predicted molar refractivity (Wildman–Crippen MR) is 169 cm³/mol. The van der Waals surface area contributed by atoms with Gasteiger partial charge in [-0.25, -0.2) is 8.42 Å². The number of anilines is 1. The number of sulfonamides is 1. The second-order valence-electron chi connectivity index (χ2n) is 10.3. The first-order chi connectivity index (χ1) is 20.6. The second kappa shape index (κ2) is 14.0. The number of nitrogens with zero attached hydrogens (tertiary/aromatic N) is 2. The molecule has 8 nitrogen and oxygen atoms in total. The van der Waals surface area contributed by atoms with Gasteiger partial charge in [0, 0.05) is 13.1 Å². The Balaban J connectivity index is 1.71. The summed E-state index contributed by atoms with van der Waals surface area (Å²) in [6, 6.07) is 29.0. The minimum atomic E-state index is -4.16. The number of hydrogen-bond acceptors (Lipinski definition) is 5. The Labute approximate surface area is 254 Å². The van der Waals surface area contributed by atoms with Crippen molar-refractivity contribution < 1.29 is 22.7 Å². The second-order valence-corrected chi connectivity index (χ2v) is 12.1. The topological polar surface area (TPSA) is 96.0 Å². The van der Waals surface area contributed by atoms with Crippen LogP contribution in [-0.4, -0.2) is 44.3 Å². The van der Waals surface area contributed by atoms with Crippen LogP contribution in [0.1, 0.15) is 30.5 Å². The zero-order valence-electron chi connectivity index (χ0n) is 24.9. The molecule has 4 rings (SSSR count). The van der Waals surface area contributed by atoms with Crippen LogP contribution in [0.25, 0.3) is 0 Å². The van der Waals surface area contributed by atoms with Crippen molar-refractivity contribution in [2.45, 2.75) is 45.2 Å². The van der Waals surface area contributed by atoms with Gasteiger partial charge in [0.15, 0.2) is 0 Å². The third-order valence-electron chi connectivity index (χ3n) is 7.11. The molecule has 0 fully saturated rings. The Morgan fingerprint density at radius 3 is 2.05 bits per heavy atom. The Bertz CT molecular complexity index is 1640. The maximum atomic E-state index is 14.0. The van der Waals surface area contributed by atoms with Gasteiger partial charge in [0.05, 0.1) is 10.6 Å². The van der Waals surface area contributed by atoms with Crippen LogP contribution in [0.4, 0.5) is 5.69 Å². The number of likely N-dealkylation sites (N-methyl/N-ethyl adjacent to an activating group) is 1. The van der Waals surface area contributed by atoms with E-state index in [9.17, 15) is 18.0 Å². The Kier molecular flexibility index (Phi) is 10.2. The molecule has 0 aromatic heterocycles. The molecule has 0 saturated heterocycles. The summed E-state index contributed by atoms with van der Waals surface area (Å²) in [4.78, 5) is 28.4. The van der Waals surface area contributed by atoms with Crippen molar-refractivity contribution in [1.82, 2.24) is 10.2 Å². The lowest BCUT2D eigenvalue weighted by Crippen LogP contribution is -2.51. The number of amides is 2. The van der Waals surface area contributed by atoms with Crippen LogP contribution in [0.5, 0.6) is 11.5 Å². The third-order valence-corrected chi connectivity index (χ3v) is 8.90. The predicted octanol–water partition coefficient (Wildman–Crippen LogP) is 5.84. The van der Waals surface area contributed by atoms with E-state index in [-0.39, 0.29) is 23.0 Å². The van der Waals surface area contributed by atoms with Gasteiger partial charge in [-0.3, -0.25) is 13.9 Å². The number of aryl methyl sites for hydroxylation is 2. The first-order valence-electron chi connectivity index (χ1n) is 14.1. The highest BCUT2D eigenvalue weighted by Gasteiger charge is 2.32. The largest absolute Gasteiger partial charge is 0.457 e. The summed E-state index contributed by atoms with van der Waals surface area (Å²) < 4.78 is 35.1. The van der Waals surface area contributed by atoms with E-state index in [4.69, 9.17) is 4.74 Å². The Morgan fingerprint density at radius 2 is 1.42 bits per heavy atom. The lowest BCUT2D eigenvalue weighted by Gasteiger charge is -2.32. The Morgan fingerprint density at radius 1 is 0.814 bits per heavy atom. The van der Waals surface area contributed by atoms with Crippen molar-refractivity contribution in [2.24, 2.45) is 0 Å². The summed E-state index contributed by atoms with van der Waals surface area (Å²) in [5.74, 6) is 0.322. The highest BCUT2D eigenvalue weighted by Crippen LogP contribution is 2.29. The van der Waals surface area contributed by atoms with E-state index in [0.717, 1.165) is 21.0 Å². The number of hydrogen-bond donors (Lipinski definition) is 1. The molecule has 43 heavy (non-hydrogen) atoms. The van der Waals surface area contributed by atoms with Gasteiger partial charge in [-0.15, -0.1) is 0 Å². The molecule has 0 aliphatic rings. The number of ether oxygens (including phenoxy) is 1. The SMILES string of the molecule is CCNC(=O)[C@@H](C)N(Cc1ccccc1C)C(=O)CN(c1ccc(Oc2ccccc2)cc1)S(=O)(=O)c1ccc(C)cc1. The van der Waals surface area contributed by atoms with E-state index in [1.54, 1.807) is 50.2 Å². The molecule has 1 N–H and O–H groups in total. The molecule has 0 bridgehead atoms. The number of carbonyl (C=O) groups excluding carboxylic acids is 2. The lowest BCUT2D eigenvalue weighted by molar-refractivity contribution is -0.139. The number of nitrogens with one attached hydrogen (secondary N) is 1. The maximum Gasteiger partial charge on any atom is 0.264 e. The van der Waals surface area contributed by atoms with E-state index < -0.39 is 28.5 Å². The molecular formula is C34H37N3O5S. The van der Waals surface area contributed by atoms with Gasteiger partial charge in [0.25, 0.3) is 10.0 Å². The third kappa shape index (κ3) is 7.81. The zero-order chi connectivity index (χ0) is 31.0. The van der Waals surface area contributed by atoms with Gasteiger partial charge in [-0.2, -0.15) is 0 Å². The van der Waals surface area contributed by atoms with Crippen LogP contribution in [0.3, 0.4) is 0 Å². The van der Waals surface area contributed by atoms with Gasteiger partial charge in [0.2, 0.25) is 11.8 Å². The summed E-state index contributed by atoms with van der Waals surface area (Å²) in [7, 11) is -4.16. The molecule has 224 valence electrons. The van der Waals surface area contributed by atoms with Gasteiger partial charge in [0.1, 0.15) is 24.1 Å². The van der Waals surface area contributed by atoms with Crippen LogP contribution in [0, 0.1) is 13.8 Å². The highest BCUT2D eigenvalue weighted by molar-refractivity contribution is 7.92. The highest BCUT2D eigenvalue weighted by atomic mass is 32.2. The van der Waals surface area contributed by atoms with Crippen molar-refractivity contribution >= 4 is 27.5 Å². The van der Waals surface area contributed by atoms with E-state index in [2.05, 4.69) is 5.32 Å². The van der Waals surface area contributed by atoms with E-state index in [1.807, 2.05) is 68.4 Å². The van der Waals surface area contributed by atoms with Gasteiger partial charge in [-0.1, -0.05) is 60.2 Å². The van der Waals surface area contributed by atoms with Crippen LogP contribution in [-0.2, 0) is 26.2 Å². The molecule has 0 heterocycles. The molecule has 0 unspecified atom stereocenters. The molecule has 0 aliphatic carbocycles. The molecular weight excluding hydrogens is 562 g/mol. The molecule has 1 atom stereocenters. The van der Waals surface area contributed by atoms with Crippen molar-refractivity contribution in [3.05, 3.63) is 120 Å². The fourth-order valence-corrected chi connectivity index (χ4v) is 5.96. The monoisotopic (exact) mass is 599 g/mol. The van der Waals surface area contributed by atoms with E-state index >= 15 is 0 Å². The van der Waals surface area contributed by atoms with Crippen molar-refractivity contribution in [3.8, 4) is 11.5 Å². The normalized spacial score (nSPS) is 11.8. The van der Waals surface area contributed by atoms with Gasteiger partial charge in [-0.05, 0) is 87.4 Å². The summed E-state index contributed by atoms with van der Waals surface area (Å²) in [6.45, 7) is 7.30. The maximum absolute atomic E-state index is 14.0. The molecule has 4 aromatic carbocycles. The summed E-state index contributed by atoms with van der Waals surface area (Å²) in [5.41, 5.74) is 3.02. The smallest absolute Gasteiger partial charge is 0.264 e. The standard InChI is InChI=1S/C34H37N3O5S/c1-5-35-34(39)27(4)36(23-28-12-10-9-11-26(28)3)33(38)24-37(43(40,41)32-21-15-25(2)16-22-32)29-17-19-31(20-18-29)42-30-13-7-6-8-14-30/h6-22,27H,5,23-24H2,1-4H3,(H,35,39)/t27-/m1/s1. The number of rotatable bonds is 12. The van der Waals surface area contributed by atoms with E-state index in [1.165, 1.54) is 17.0 Å². The zero-order valence-corrected chi connectivity index (χ0v) is 25.7. The molecule has 0 radical (unpaired) electrons. The van der Waals surface area contributed by atoms with Crippen molar-refractivity contribution in [2.75, 3.05) is 17.4 Å². The van der Waals surface area contributed by atoms with Crippen LogP contribution in [0.15, 0.2) is 108 Å². The fourth-order valence-electron chi connectivity index (χ4n) is 4.55. The summed E-state index contributed by atoms with van der Waals surface area (Å²) in [6.07, 6.45) is 0. The van der Waals surface area contributed by atoms with Crippen LogP contribution in [0.2, 0.25) is 0 Å². The minimum Gasteiger partial charge on any atom is -0.457 e. The molecule has 0 saturated carbocycles. The first-order valence-corrected chi connectivity index (χ1v) is 15.6. The van der Waals surface area contributed by atoms with Crippen LogP contribution >= 0.6 is 0 Å². The fraction of sp³-hybridized carbons (Fsp3) is 0.235. The molecule has 0 spiro atoms. The van der Waals surface area contributed by atoms with Gasteiger partial charge < -0.3 is 15.0 Å². The molecule has 4 aromatic rings. The quantitative estimate of drug-likeness (QED) is 0.221. The number of para-hydroxylation sites is 1. The number of carbonyl (C=O) groups is 2. The van der Waals surface area contributed by atoms with Gasteiger partial charge >= 0.3 is 0 Å². The number of benzene rings is 4. The average Bonchev–Trinajstić information content (AvgIpc) is 3.00. The Hall–Kier alpha value is -4.63. The lowest BCUT2D eigenvalue weighted by atomic mass is 10.1. The minimum absolute atomic E-state index is 0.0535. The van der Waals surface area contributed by atoms with Crippen molar-refractivity contribution in [1.29, 1.82) is 0 Å². The first kappa shape index (κ1) is 31.3.